The first kappa shape index (κ1) is 11.6. The van der Waals surface area contributed by atoms with Crippen LogP contribution in [0.4, 0.5) is 0 Å². The van der Waals surface area contributed by atoms with Crippen molar-refractivity contribution in [3.63, 3.8) is 0 Å². The van der Waals surface area contributed by atoms with Gasteiger partial charge in [-0.25, -0.2) is 4.98 Å². The number of nitrogens with zero attached hydrogens (tertiary/aromatic N) is 1. The zero-order chi connectivity index (χ0) is 11.7. The van der Waals surface area contributed by atoms with E-state index in [9.17, 15) is 4.79 Å². The SMILES string of the molecule is CC(C)C1CCc2nc(CC(=O)O)sc2C1. The highest BCUT2D eigenvalue weighted by Crippen LogP contribution is 2.33. The summed E-state index contributed by atoms with van der Waals surface area (Å²) in [6, 6.07) is 0. The highest BCUT2D eigenvalue weighted by Gasteiger charge is 2.24. The Bertz CT molecular complexity index is 398. The van der Waals surface area contributed by atoms with Crippen molar-refractivity contribution in [2.75, 3.05) is 0 Å². The molecule has 1 heterocycles. The van der Waals surface area contributed by atoms with E-state index < -0.39 is 5.97 Å². The van der Waals surface area contributed by atoms with Gasteiger partial charge in [-0.05, 0) is 31.1 Å². The Labute approximate surface area is 99.5 Å². The largest absolute Gasteiger partial charge is 0.481 e. The molecule has 1 aliphatic rings. The minimum atomic E-state index is -0.786. The molecule has 2 rings (SSSR count). The van der Waals surface area contributed by atoms with Crippen LogP contribution in [-0.2, 0) is 24.1 Å². The summed E-state index contributed by atoms with van der Waals surface area (Å²) in [5.41, 5.74) is 1.15. The number of fused-ring (bicyclic) bond motifs is 1. The lowest BCUT2D eigenvalue weighted by Gasteiger charge is -2.24. The van der Waals surface area contributed by atoms with Gasteiger partial charge < -0.3 is 5.11 Å². The number of hydrogen-bond donors (Lipinski definition) is 1. The summed E-state index contributed by atoms with van der Waals surface area (Å²) in [6.07, 6.45) is 3.38. The minimum absolute atomic E-state index is 0.0734. The number of carboxylic acid groups (broad SMARTS) is 1. The average molecular weight is 239 g/mol. The van der Waals surface area contributed by atoms with Gasteiger partial charge in [0.25, 0.3) is 0 Å². The van der Waals surface area contributed by atoms with E-state index in [1.54, 1.807) is 11.3 Å². The van der Waals surface area contributed by atoms with Gasteiger partial charge in [0.1, 0.15) is 5.01 Å². The first-order valence-corrected chi connectivity index (χ1v) is 6.57. The van der Waals surface area contributed by atoms with Crippen molar-refractivity contribution in [1.29, 1.82) is 0 Å². The molecule has 1 unspecified atom stereocenters. The second kappa shape index (κ2) is 4.53. The summed E-state index contributed by atoms with van der Waals surface area (Å²) in [5.74, 6) is 0.662. The van der Waals surface area contributed by atoms with Crippen LogP contribution in [0.5, 0.6) is 0 Å². The van der Waals surface area contributed by atoms with Crippen molar-refractivity contribution in [3.05, 3.63) is 15.6 Å². The first-order valence-electron chi connectivity index (χ1n) is 5.75. The number of aliphatic carboxylic acids is 1. The Morgan fingerprint density at radius 2 is 2.38 bits per heavy atom. The third-order valence-corrected chi connectivity index (χ3v) is 4.39. The number of carboxylic acids is 1. The van der Waals surface area contributed by atoms with E-state index in [4.69, 9.17) is 5.11 Å². The van der Waals surface area contributed by atoms with Crippen LogP contribution in [0.1, 0.15) is 35.8 Å². The number of hydrogen-bond acceptors (Lipinski definition) is 3. The molecule has 0 spiro atoms. The van der Waals surface area contributed by atoms with E-state index in [-0.39, 0.29) is 6.42 Å². The molecule has 4 heteroatoms. The minimum Gasteiger partial charge on any atom is -0.481 e. The van der Waals surface area contributed by atoms with Crippen LogP contribution in [0.15, 0.2) is 0 Å². The number of carbonyl (C=O) groups is 1. The van der Waals surface area contributed by atoms with Crippen LogP contribution in [-0.4, -0.2) is 16.1 Å². The summed E-state index contributed by atoms with van der Waals surface area (Å²) in [4.78, 5) is 16.4. The summed E-state index contributed by atoms with van der Waals surface area (Å²) < 4.78 is 0. The monoisotopic (exact) mass is 239 g/mol. The molecule has 0 radical (unpaired) electrons. The zero-order valence-corrected chi connectivity index (χ0v) is 10.5. The van der Waals surface area contributed by atoms with Crippen molar-refractivity contribution in [2.24, 2.45) is 11.8 Å². The van der Waals surface area contributed by atoms with Crippen molar-refractivity contribution >= 4 is 17.3 Å². The third kappa shape index (κ3) is 2.43. The van der Waals surface area contributed by atoms with E-state index in [2.05, 4.69) is 18.8 Å². The van der Waals surface area contributed by atoms with Crippen LogP contribution in [0.25, 0.3) is 0 Å². The molecule has 0 saturated carbocycles. The maximum atomic E-state index is 10.6. The molecule has 3 nitrogen and oxygen atoms in total. The maximum absolute atomic E-state index is 10.6. The van der Waals surface area contributed by atoms with Gasteiger partial charge >= 0.3 is 5.97 Å². The van der Waals surface area contributed by atoms with Gasteiger partial charge in [-0.2, -0.15) is 0 Å². The Kier molecular flexibility index (Phi) is 3.28. The molecule has 16 heavy (non-hydrogen) atoms. The topological polar surface area (TPSA) is 50.2 Å². The van der Waals surface area contributed by atoms with Crippen molar-refractivity contribution in [1.82, 2.24) is 4.98 Å². The quantitative estimate of drug-likeness (QED) is 0.881. The molecular formula is C12H17NO2S. The number of aryl methyl sites for hydroxylation is 1. The third-order valence-electron chi connectivity index (χ3n) is 3.27. The number of thiazole rings is 1. The molecule has 1 aromatic heterocycles. The van der Waals surface area contributed by atoms with Gasteiger partial charge in [-0.15, -0.1) is 11.3 Å². The normalized spacial score (nSPS) is 19.8. The molecule has 1 N–H and O–H groups in total. The molecule has 0 bridgehead atoms. The fourth-order valence-corrected chi connectivity index (χ4v) is 3.43. The van der Waals surface area contributed by atoms with E-state index in [1.165, 1.54) is 11.3 Å². The van der Waals surface area contributed by atoms with Gasteiger partial charge in [-0.1, -0.05) is 13.8 Å². The highest BCUT2D eigenvalue weighted by molar-refractivity contribution is 7.11. The molecule has 0 fully saturated rings. The Morgan fingerprint density at radius 1 is 1.62 bits per heavy atom. The summed E-state index contributed by atoms with van der Waals surface area (Å²) in [5, 5.41) is 9.50. The molecule has 0 amide bonds. The summed E-state index contributed by atoms with van der Waals surface area (Å²) >= 11 is 1.59. The second-order valence-corrected chi connectivity index (χ2v) is 5.96. The fraction of sp³-hybridized carbons (Fsp3) is 0.667. The Balaban J connectivity index is 2.13. The molecular weight excluding hydrogens is 222 g/mol. The highest BCUT2D eigenvalue weighted by atomic mass is 32.1. The van der Waals surface area contributed by atoms with Crippen LogP contribution >= 0.6 is 11.3 Å². The van der Waals surface area contributed by atoms with Crippen molar-refractivity contribution in [3.8, 4) is 0 Å². The Morgan fingerprint density at radius 3 is 3.00 bits per heavy atom. The van der Waals surface area contributed by atoms with Gasteiger partial charge in [0, 0.05) is 4.88 Å². The molecule has 1 aromatic rings. The average Bonchev–Trinajstić information content (AvgIpc) is 2.56. The van der Waals surface area contributed by atoms with Gasteiger partial charge in [0.15, 0.2) is 0 Å². The lowest BCUT2D eigenvalue weighted by Crippen LogP contribution is -2.17. The fourth-order valence-electron chi connectivity index (χ4n) is 2.23. The predicted octanol–water partition coefficient (Wildman–Crippen LogP) is 2.53. The molecule has 1 aliphatic carbocycles. The zero-order valence-electron chi connectivity index (χ0n) is 9.69. The van der Waals surface area contributed by atoms with Crippen LogP contribution in [0.3, 0.4) is 0 Å². The second-order valence-electron chi connectivity index (χ2n) is 4.79. The van der Waals surface area contributed by atoms with Gasteiger partial charge in [0.2, 0.25) is 0 Å². The lowest BCUT2D eigenvalue weighted by atomic mass is 9.83. The predicted molar refractivity (Wildman–Crippen MR) is 63.8 cm³/mol. The van der Waals surface area contributed by atoms with Crippen LogP contribution in [0, 0.1) is 11.8 Å². The van der Waals surface area contributed by atoms with Crippen molar-refractivity contribution in [2.45, 2.75) is 39.5 Å². The van der Waals surface area contributed by atoms with Crippen LogP contribution in [0.2, 0.25) is 0 Å². The summed E-state index contributed by atoms with van der Waals surface area (Å²) in [7, 11) is 0. The molecule has 88 valence electrons. The Hall–Kier alpha value is -0.900. The molecule has 0 aliphatic heterocycles. The van der Waals surface area contributed by atoms with Gasteiger partial charge in [-0.3, -0.25) is 4.79 Å². The maximum Gasteiger partial charge on any atom is 0.310 e. The molecule has 1 atom stereocenters. The molecule has 0 aromatic carbocycles. The van der Waals surface area contributed by atoms with E-state index in [0.717, 1.165) is 29.5 Å². The van der Waals surface area contributed by atoms with Crippen molar-refractivity contribution < 1.29 is 9.90 Å². The smallest absolute Gasteiger partial charge is 0.310 e. The van der Waals surface area contributed by atoms with Gasteiger partial charge in [0.05, 0.1) is 12.1 Å². The lowest BCUT2D eigenvalue weighted by molar-refractivity contribution is -0.136. The molecule has 0 saturated heterocycles. The standard InChI is InChI=1S/C12H17NO2S/c1-7(2)8-3-4-9-10(5-8)16-11(13-9)6-12(14)15/h7-8H,3-6H2,1-2H3,(H,14,15). The van der Waals surface area contributed by atoms with E-state index in [0.29, 0.717) is 5.92 Å². The number of rotatable bonds is 3. The van der Waals surface area contributed by atoms with E-state index in [1.807, 2.05) is 0 Å². The van der Waals surface area contributed by atoms with Crippen LogP contribution < -0.4 is 0 Å². The van der Waals surface area contributed by atoms with E-state index >= 15 is 0 Å². The first-order chi connectivity index (χ1) is 7.56. The summed E-state index contributed by atoms with van der Waals surface area (Å²) in [6.45, 7) is 4.52. The number of aromatic nitrogens is 1.